The summed E-state index contributed by atoms with van der Waals surface area (Å²) in [6, 6.07) is 11.7. The minimum atomic E-state index is -0.649. The molecule has 0 aliphatic heterocycles. The maximum atomic E-state index is 14.2. The molecule has 2 N–H and O–H groups in total. The number of nitrogens with two attached hydrogens (primary N) is 1. The predicted molar refractivity (Wildman–Crippen MR) is 143 cm³/mol. The summed E-state index contributed by atoms with van der Waals surface area (Å²) in [7, 11) is 0. The van der Waals surface area contributed by atoms with Crippen LogP contribution in [-0.4, -0.2) is 33.4 Å². The van der Waals surface area contributed by atoms with Crippen LogP contribution in [0.4, 0.5) is 4.39 Å². The third-order valence-electron chi connectivity index (χ3n) is 6.44. The Kier molecular flexibility index (Phi) is 7.05. The van der Waals surface area contributed by atoms with E-state index in [0.717, 1.165) is 5.56 Å². The molecule has 0 saturated heterocycles. The summed E-state index contributed by atoms with van der Waals surface area (Å²) in [6.07, 6.45) is 3.05. The number of furan rings is 2. The summed E-state index contributed by atoms with van der Waals surface area (Å²) in [4.78, 5) is 34.2. The zero-order chi connectivity index (χ0) is 27.0. The normalized spacial score (nSPS) is 12.5. The van der Waals surface area contributed by atoms with Crippen LogP contribution in [0.25, 0.3) is 22.1 Å². The van der Waals surface area contributed by atoms with E-state index in [1.165, 1.54) is 35.3 Å². The molecule has 0 aliphatic rings. The van der Waals surface area contributed by atoms with Crippen LogP contribution in [-0.2, 0) is 6.54 Å². The van der Waals surface area contributed by atoms with Crippen molar-refractivity contribution >= 4 is 39.6 Å². The molecule has 0 spiro atoms. The smallest absolute Gasteiger partial charge is 0.297 e. The van der Waals surface area contributed by atoms with Crippen LogP contribution >= 0.6 is 11.6 Å². The van der Waals surface area contributed by atoms with Crippen LogP contribution in [0, 0.1) is 11.7 Å². The molecule has 2 aromatic carbocycles. The Morgan fingerprint density at radius 2 is 1.95 bits per heavy atom. The minimum absolute atomic E-state index is 0.00903. The summed E-state index contributed by atoms with van der Waals surface area (Å²) >= 11 is 6.04. The zero-order valence-electron chi connectivity index (χ0n) is 20.9. The van der Waals surface area contributed by atoms with E-state index in [2.05, 4.69) is 0 Å². The standard InChI is InChI=1S/C28H26ClFN4O4/c1-16(2)24(33(11-10-31)27(35)18-3-5-19(29)6-4-18)26-32-23-21-13-20(30)7-8-22(21)38-25(23)28(36)34(26)14-17-9-12-37-15-17/h3-9,12-13,15-16,24H,10-11,14,31H2,1-2H3/t24-/m1/s1. The van der Waals surface area contributed by atoms with Crippen molar-refractivity contribution in [1.29, 1.82) is 0 Å². The molecule has 8 nitrogen and oxygen atoms in total. The number of rotatable bonds is 8. The Hall–Kier alpha value is -3.95. The minimum Gasteiger partial charge on any atom is -0.472 e. The van der Waals surface area contributed by atoms with Crippen LogP contribution in [0.2, 0.25) is 5.02 Å². The molecule has 38 heavy (non-hydrogen) atoms. The van der Waals surface area contributed by atoms with Gasteiger partial charge in [-0.2, -0.15) is 0 Å². The Morgan fingerprint density at radius 3 is 2.61 bits per heavy atom. The van der Waals surface area contributed by atoms with E-state index in [9.17, 15) is 14.0 Å². The van der Waals surface area contributed by atoms with Gasteiger partial charge in [0, 0.05) is 34.6 Å². The van der Waals surface area contributed by atoms with E-state index in [1.807, 2.05) is 13.8 Å². The molecule has 0 radical (unpaired) electrons. The lowest BCUT2D eigenvalue weighted by atomic mass is 9.99. The lowest BCUT2D eigenvalue weighted by molar-refractivity contribution is 0.0612. The van der Waals surface area contributed by atoms with Crippen molar-refractivity contribution in [1.82, 2.24) is 14.5 Å². The highest BCUT2D eigenvalue weighted by Gasteiger charge is 2.33. The lowest BCUT2D eigenvalue weighted by Crippen LogP contribution is -2.43. The Balaban J connectivity index is 1.76. The van der Waals surface area contributed by atoms with E-state index in [0.29, 0.717) is 27.4 Å². The van der Waals surface area contributed by atoms with Crippen LogP contribution in [0.3, 0.4) is 0 Å². The van der Waals surface area contributed by atoms with Gasteiger partial charge in [-0.25, -0.2) is 9.37 Å². The van der Waals surface area contributed by atoms with Gasteiger partial charge in [0.15, 0.2) is 0 Å². The Morgan fingerprint density at radius 1 is 1.18 bits per heavy atom. The van der Waals surface area contributed by atoms with Crippen LogP contribution in [0.1, 0.15) is 41.6 Å². The molecule has 1 amide bonds. The fraction of sp³-hybridized carbons (Fsp3) is 0.250. The number of carbonyl (C=O) groups is 1. The van der Waals surface area contributed by atoms with E-state index in [-0.39, 0.29) is 42.6 Å². The van der Waals surface area contributed by atoms with Crippen LogP contribution < -0.4 is 11.3 Å². The van der Waals surface area contributed by atoms with E-state index < -0.39 is 17.4 Å². The molecule has 3 heterocycles. The van der Waals surface area contributed by atoms with Crippen LogP contribution in [0.15, 0.2) is 74.7 Å². The van der Waals surface area contributed by atoms with Gasteiger partial charge < -0.3 is 19.5 Å². The van der Waals surface area contributed by atoms with Gasteiger partial charge in [-0.3, -0.25) is 14.2 Å². The van der Waals surface area contributed by atoms with Gasteiger partial charge in [0.2, 0.25) is 5.58 Å². The monoisotopic (exact) mass is 536 g/mol. The first-order valence-corrected chi connectivity index (χ1v) is 12.6. The first-order valence-electron chi connectivity index (χ1n) is 12.2. The highest BCUT2D eigenvalue weighted by Crippen LogP contribution is 2.32. The zero-order valence-corrected chi connectivity index (χ0v) is 21.6. The number of benzene rings is 2. The maximum Gasteiger partial charge on any atom is 0.297 e. The van der Waals surface area contributed by atoms with Crippen molar-refractivity contribution in [3.05, 3.63) is 99.2 Å². The van der Waals surface area contributed by atoms with Gasteiger partial charge >= 0.3 is 0 Å². The maximum absolute atomic E-state index is 14.2. The molecule has 196 valence electrons. The summed E-state index contributed by atoms with van der Waals surface area (Å²) in [6.45, 7) is 4.42. The van der Waals surface area contributed by atoms with Gasteiger partial charge in [0.25, 0.3) is 11.5 Å². The lowest BCUT2D eigenvalue weighted by Gasteiger charge is -2.35. The summed E-state index contributed by atoms with van der Waals surface area (Å²) in [5.74, 6) is -0.596. The van der Waals surface area contributed by atoms with Crippen LogP contribution in [0.5, 0.6) is 0 Å². The van der Waals surface area contributed by atoms with Crippen molar-refractivity contribution in [2.24, 2.45) is 11.7 Å². The number of amides is 1. The quantitative estimate of drug-likeness (QED) is 0.285. The van der Waals surface area contributed by atoms with Crippen molar-refractivity contribution in [2.75, 3.05) is 13.1 Å². The first kappa shape index (κ1) is 25.7. The first-order chi connectivity index (χ1) is 18.3. The molecule has 0 saturated carbocycles. The van der Waals surface area contributed by atoms with Crippen molar-refractivity contribution in [2.45, 2.75) is 26.4 Å². The molecule has 5 rings (SSSR count). The number of hydrogen-bond donors (Lipinski definition) is 1. The molecule has 0 unspecified atom stereocenters. The number of carbonyl (C=O) groups excluding carboxylic acids is 1. The Labute approximate surface area is 222 Å². The second-order valence-electron chi connectivity index (χ2n) is 9.40. The topological polar surface area (TPSA) is 108 Å². The number of hydrogen-bond acceptors (Lipinski definition) is 6. The van der Waals surface area contributed by atoms with Gasteiger partial charge in [-0.05, 0) is 54.4 Å². The molecule has 0 fully saturated rings. The number of fused-ring (bicyclic) bond motifs is 3. The second kappa shape index (κ2) is 10.4. The molecule has 0 aliphatic carbocycles. The van der Waals surface area contributed by atoms with E-state index >= 15 is 0 Å². The summed E-state index contributed by atoms with van der Waals surface area (Å²) in [5.41, 5.74) is 7.25. The number of nitrogens with zero attached hydrogens (tertiary/aromatic N) is 3. The van der Waals surface area contributed by atoms with Crippen molar-refractivity contribution in [3.63, 3.8) is 0 Å². The second-order valence-corrected chi connectivity index (χ2v) is 9.83. The average Bonchev–Trinajstić information content (AvgIpc) is 3.53. The summed E-state index contributed by atoms with van der Waals surface area (Å²) < 4.78 is 26.7. The predicted octanol–water partition coefficient (Wildman–Crippen LogP) is 5.37. The largest absolute Gasteiger partial charge is 0.472 e. The third kappa shape index (κ3) is 4.70. The molecule has 5 aromatic rings. The summed E-state index contributed by atoms with van der Waals surface area (Å²) in [5, 5.41) is 0.887. The third-order valence-corrected chi connectivity index (χ3v) is 6.69. The van der Waals surface area contributed by atoms with Crippen molar-refractivity contribution < 1.29 is 18.0 Å². The number of aromatic nitrogens is 2. The highest BCUT2D eigenvalue weighted by molar-refractivity contribution is 6.30. The van der Waals surface area contributed by atoms with Gasteiger partial charge in [-0.15, -0.1) is 0 Å². The molecule has 10 heteroatoms. The van der Waals surface area contributed by atoms with Gasteiger partial charge in [0.05, 0.1) is 25.1 Å². The molecule has 1 atom stereocenters. The van der Waals surface area contributed by atoms with Crippen molar-refractivity contribution in [3.8, 4) is 0 Å². The SMILES string of the molecule is CC(C)[C@H](c1nc2c(oc3ccc(F)cc32)c(=O)n1Cc1ccoc1)N(CCN)C(=O)c1ccc(Cl)cc1. The van der Waals surface area contributed by atoms with Gasteiger partial charge in [-0.1, -0.05) is 25.4 Å². The number of halogens is 2. The van der Waals surface area contributed by atoms with E-state index in [1.54, 1.807) is 35.2 Å². The fourth-order valence-electron chi connectivity index (χ4n) is 4.72. The molecule has 0 bridgehead atoms. The Bertz CT molecular complexity index is 1660. The molecule has 3 aromatic heterocycles. The molecular weight excluding hydrogens is 511 g/mol. The highest BCUT2D eigenvalue weighted by atomic mass is 35.5. The molecular formula is C28H26ClFN4O4. The van der Waals surface area contributed by atoms with E-state index in [4.69, 9.17) is 31.2 Å². The fourth-order valence-corrected chi connectivity index (χ4v) is 4.85. The average molecular weight is 537 g/mol. The van der Waals surface area contributed by atoms with Gasteiger partial charge in [0.1, 0.15) is 22.7 Å².